The van der Waals surface area contributed by atoms with E-state index in [1.807, 2.05) is 39.9 Å². The van der Waals surface area contributed by atoms with E-state index in [0.29, 0.717) is 0 Å². The number of piperidine rings is 1. The number of benzene rings is 1. The summed E-state index contributed by atoms with van der Waals surface area (Å²) in [6.07, 6.45) is 5.04. The molecule has 1 aliphatic heterocycles. The van der Waals surface area contributed by atoms with Gasteiger partial charge in [0.1, 0.15) is 0 Å². The van der Waals surface area contributed by atoms with Gasteiger partial charge in [-0.05, 0) is 44.2 Å². The Morgan fingerprint density at radius 2 is 1.74 bits per heavy atom. The number of hydrogen-bond donors (Lipinski definition) is 0. The second kappa shape index (κ2) is 6.99. The lowest BCUT2D eigenvalue weighted by molar-refractivity contribution is 0.0722. The molecule has 0 aliphatic carbocycles. The molecular weight excluding hydrogens is 286 g/mol. The molecule has 1 fully saturated rings. The van der Waals surface area contributed by atoms with Crippen LogP contribution in [0.3, 0.4) is 0 Å². The Bertz CT molecular complexity index is 669. The van der Waals surface area contributed by atoms with Gasteiger partial charge in [-0.3, -0.25) is 4.79 Å². The van der Waals surface area contributed by atoms with Gasteiger partial charge < -0.3 is 4.90 Å². The van der Waals surface area contributed by atoms with E-state index in [-0.39, 0.29) is 5.91 Å². The zero-order valence-corrected chi connectivity index (χ0v) is 14.1. The van der Waals surface area contributed by atoms with Crippen LogP contribution in [0.5, 0.6) is 0 Å². The Kier molecular flexibility index (Phi) is 4.79. The van der Waals surface area contributed by atoms with Crippen LogP contribution in [0.4, 0.5) is 0 Å². The van der Waals surface area contributed by atoms with Crippen LogP contribution in [0, 0.1) is 0 Å². The second-order valence-electron chi connectivity index (χ2n) is 6.08. The van der Waals surface area contributed by atoms with E-state index >= 15 is 0 Å². The van der Waals surface area contributed by atoms with Crippen LogP contribution in [-0.4, -0.2) is 33.7 Å². The summed E-state index contributed by atoms with van der Waals surface area (Å²) in [5.74, 6) is 0.167. The van der Waals surface area contributed by atoms with Gasteiger partial charge >= 0.3 is 0 Å². The van der Waals surface area contributed by atoms with E-state index in [0.717, 1.165) is 61.4 Å². The van der Waals surface area contributed by atoms with Crippen LogP contribution >= 0.6 is 0 Å². The number of aromatic nitrogens is 2. The van der Waals surface area contributed by atoms with E-state index in [9.17, 15) is 4.79 Å². The minimum atomic E-state index is 0.167. The summed E-state index contributed by atoms with van der Waals surface area (Å²) in [5, 5.41) is 4.75. The minimum absolute atomic E-state index is 0.167. The van der Waals surface area contributed by atoms with Gasteiger partial charge in [-0.2, -0.15) is 5.10 Å². The number of carbonyl (C=O) groups excluding carboxylic acids is 1. The number of para-hydroxylation sites is 1. The van der Waals surface area contributed by atoms with Gasteiger partial charge in [-0.25, -0.2) is 4.68 Å². The smallest absolute Gasteiger partial charge is 0.257 e. The molecule has 2 heterocycles. The quantitative estimate of drug-likeness (QED) is 0.865. The minimum Gasteiger partial charge on any atom is -0.339 e. The molecule has 0 spiro atoms. The average molecular weight is 311 g/mol. The zero-order valence-electron chi connectivity index (χ0n) is 14.1. The molecule has 1 aromatic carbocycles. The first-order valence-corrected chi connectivity index (χ1v) is 8.71. The van der Waals surface area contributed by atoms with Gasteiger partial charge in [0.15, 0.2) is 0 Å². The molecule has 0 atom stereocenters. The number of amides is 1. The number of rotatable bonds is 4. The summed E-state index contributed by atoms with van der Waals surface area (Å²) < 4.78 is 1.95. The van der Waals surface area contributed by atoms with Crippen LogP contribution in [0.25, 0.3) is 5.69 Å². The number of hydrogen-bond acceptors (Lipinski definition) is 2. The highest BCUT2D eigenvalue weighted by Gasteiger charge is 2.27. The van der Waals surface area contributed by atoms with Crippen LogP contribution in [0.1, 0.15) is 54.9 Å². The van der Waals surface area contributed by atoms with Crippen molar-refractivity contribution in [2.75, 3.05) is 13.1 Å². The molecule has 1 amide bonds. The maximum atomic E-state index is 13.1. The van der Waals surface area contributed by atoms with Crippen molar-refractivity contribution in [1.29, 1.82) is 0 Å². The molecule has 1 aliphatic rings. The molecule has 1 saturated heterocycles. The van der Waals surface area contributed by atoms with Gasteiger partial charge in [0.2, 0.25) is 0 Å². The summed E-state index contributed by atoms with van der Waals surface area (Å²) in [7, 11) is 0. The van der Waals surface area contributed by atoms with E-state index in [2.05, 4.69) is 13.8 Å². The molecule has 0 radical (unpaired) electrons. The topological polar surface area (TPSA) is 38.1 Å². The van der Waals surface area contributed by atoms with Gasteiger partial charge in [0.05, 0.1) is 22.6 Å². The Balaban J connectivity index is 2.05. The summed E-state index contributed by atoms with van der Waals surface area (Å²) in [4.78, 5) is 15.1. The largest absolute Gasteiger partial charge is 0.339 e. The van der Waals surface area contributed by atoms with Crippen molar-refractivity contribution in [3.8, 4) is 5.69 Å². The maximum absolute atomic E-state index is 13.1. The van der Waals surface area contributed by atoms with Crippen molar-refractivity contribution in [2.45, 2.75) is 46.0 Å². The van der Waals surface area contributed by atoms with Crippen molar-refractivity contribution in [1.82, 2.24) is 14.7 Å². The van der Waals surface area contributed by atoms with Crippen molar-refractivity contribution in [2.24, 2.45) is 0 Å². The third kappa shape index (κ3) is 3.03. The first-order chi connectivity index (χ1) is 11.3. The fourth-order valence-corrected chi connectivity index (χ4v) is 3.36. The first-order valence-electron chi connectivity index (χ1n) is 8.71. The third-order valence-electron chi connectivity index (χ3n) is 4.58. The Morgan fingerprint density at radius 1 is 1.04 bits per heavy atom. The lowest BCUT2D eigenvalue weighted by Crippen LogP contribution is -2.36. The highest BCUT2D eigenvalue weighted by atomic mass is 16.2. The van der Waals surface area contributed by atoms with Gasteiger partial charge in [-0.15, -0.1) is 0 Å². The lowest BCUT2D eigenvalue weighted by Gasteiger charge is -2.27. The molecule has 1 aromatic heterocycles. The van der Waals surface area contributed by atoms with Crippen molar-refractivity contribution in [3.63, 3.8) is 0 Å². The van der Waals surface area contributed by atoms with Crippen LogP contribution in [-0.2, 0) is 12.8 Å². The van der Waals surface area contributed by atoms with Crippen molar-refractivity contribution < 1.29 is 4.79 Å². The summed E-state index contributed by atoms with van der Waals surface area (Å²) in [5.41, 5.74) is 3.81. The third-order valence-corrected chi connectivity index (χ3v) is 4.58. The summed E-state index contributed by atoms with van der Waals surface area (Å²) >= 11 is 0. The molecule has 4 nitrogen and oxygen atoms in total. The number of aryl methyl sites for hydroxylation is 1. The normalized spacial score (nSPS) is 15.0. The predicted molar refractivity (Wildman–Crippen MR) is 92.1 cm³/mol. The first kappa shape index (κ1) is 15.8. The highest BCUT2D eigenvalue weighted by Crippen LogP contribution is 2.23. The fraction of sp³-hybridized carbons (Fsp3) is 0.474. The second-order valence-corrected chi connectivity index (χ2v) is 6.08. The highest BCUT2D eigenvalue weighted by molar-refractivity contribution is 5.96. The molecule has 122 valence electrons. The summed E-state index contributed by atoms with van der Waals surface area (Å²) in [6, 6.07) is 10.1. The number of carbonyl (C=O) groups is 1. The van der Waals surface area contributed by atoms with Crippen LogP contribution in [0.2, 0.25) is 0 Å². The van der Waals surface area contributed by atoms with E-state index in [1.165, 1.54) is 6.42 Å². The van der Waals surface area contributed by atoms with Crippen molar-refractivity contribution >= 4 is 5.91 Å². The number of likely N-dealkylation sites (tertiary alicyclic amines) is 1. The van der Waals surface area contributed by atoms with E-state index in [1.54, 1.807) is 0 Å². The molecule has 4 heteroatoms. The molecular formula is C19H25N3O. The molecule has 0 saturated carbocycles. The maximum Gasteiger partial charge on any atom is 0.257 e. The van der Waals surface area contributed by atoms with E-state index in [4.69, 9.17) is 5.10 Å². The lowest BCUT2D eigenvalue weighted by atomic mass is 10.0. The predicted octanol–water partition coefficient (Wildman–Crippen LogP) is 3.62. The van der Waals surface area contributed by atoms with Gasteiger partial charge in [0, 0.05) is 13.1 Å². The molecule has 0 N–H and O–H groups in total. The molecule has 0 unspecified atom stereocenters. The molecule has 3 rings (SSSR count). The van der Waals surface area contributed by atoms with E-state index < -0.39 is 0 Å². The molecule has 0 bridgehead atoms. The van der Waals surface area contributed by atoms with Gasteiger partial charge in [-0.1, -0.05) is 32.0 Å². The SMILES string of the molecule is CCc1nn(-c2ccccc2)c(CC)c1C(=O)N1CCCCC1. The molecule has 2 aromatic rings. The Labute approximate surface area is 138 Å². The van der Waals surface area contributed by atoms with Crippen molar-refractivity contribution in [3.05, 3.63) is 47.3 Å². The van der Waals surface area contributed by atoms with Crippen LogP contribution < -0.4 is 0 Å². The number of nitrogens with zero attached hydrogens (tertiary/aromatic N) is 3. The zero-order chi connectivity index (χ0) is 16.2. The standard InChI is InChI=1S/C19H25N3O/c1-3-16-18(19(23)21-13-9-6-10-14-21)17(4-2)22(20-16)15-11-7-5-8-12-15/h5,7-8,11-12H,3-4,6,9-10,13-14H2,1-2H3. The van der Waals surface area contributed by atoms with Crippen LogP contribution in [0.15, 0.2) is 30.3 Å². The monoisotopic (exact) mass is 311 g/mol. The molecule has 23 heavy (non-hydrogen) atoms. The fourth-order valence-electron chi connectivity index (χ4n) is 3.36. The average Bonchev–Trinajstić information content (AvgIpc) is 3.01. The Hall–Kier alpha value is -2.10. The summed E-state index contributed by atoms with van der Waals surface area (Å²) in [6.45, 7) is 5.93. The Morgan fingerprint density at radius 3 is 2.35 bits per heavy atom. The van der Waals surface area contributed by atoms with Gasteiger partial charge in [0.25, 0.3) is 5.91 Å².